The third kappa shape index (κ3) is 2.76. The first-order valence-electron chi connectivity index (χ1n) is 5.22. The Morgan fingerprint density at radius 2 is 2.28 bits per heavy atom. The highest BCUT2D eigenvalue weighted by atomic mass is 79.9. The van der Waals surface area contributed by atoms with Gasteiger partial charge in [0.05, 0.1) is 35.7 Å². The van der Waals surface area contributed by atoms with Gasteiger partial charge in [0.25, 0.3) is 0 Å². The van der Waals surface area contributed by atoms with E-state index >= 15 is 0 Å². The Morgan fingerprint density at radius 3 is 2.89 bits per heavy atom. The molecule has 0 fully saturated rings. The highest BCUT2D eigenvalue weighted by molar-refractivity contribution is 9.10. The van der Waals surface area contributed by atoms with Crippen LogP contribution in [-0.4, -0.2) is 22.1 Å². The Morgan fingerprint density at radius 1 is 1.50 bits per heavy atom. The van der Waals surface area contributed by atoms with Gasteiger partial charge in [-0.05, 0) is 28.1 Å². The van der Waals surface area contributed by atoms with E-state index in [1.807, 2.05) is 13.1 Å². The summed E-state index contributed by atoms with van der Waals surface area (Å²) in [4.78, 5) is 0. The minimum Gasteiger partial charge on any atom is -0.493 e. The van der Waals surface area contributed by atoms with Crippen molar-refractivity contribution in [3.63, 3.8) is 0 Å². The van der Waals surface area contributed by atoms with Gasteiger partial charge in [0, 0.05) is 12.1 Å². The Hall–Kier alpha value is -1.27. The van der Waals surface area contributed by atoms with Crippen molar-refractivity contribution in [3.05, 3.63) is 33.5 Å². The molecule has 0 aliphatic heterocycles. The first-order chi connectivity index (χ1) is 8.61. The summed E-state index contributed by atoms with van der Waals surface area (Å²) in [6.07, 6.45) is 1.71. The van der Waals surface area contributed by atoms with Crippen LogP contribution in [0.15, 0.2) is 22.8 Å². The average molecular weight is 332 g/mol. The molecule has 18 heavy (non-hydrogen) atoms. The van der Waals surface area contributed by atoms with Crippen LogP contribution in [0.5, 0.6) is 5.75 Å². The maximum absolute atomic E-state index is 6.02. The van der Waals surface area contributed by atoms with Crippen molar-refractivity contribution >= 4 is 33.2 Å². The van der Waals surface area contributed by atoms with E-state index in [4.69, 9.17) is 16.3 Å². The Balaban J connectivity index is 2.21. The summed E-state index contributed by atoms with van der Waals surface area (Å²) in [5.74, 6) is 0.717. The van der Waals surface area contributed by atoms with Crippen LogP contribution in [0.25, 0.3) is 0 Å². The largest absolute Gasteiger partial charge is 0.493 e. The molecule has 0 atom stereocenters. The van der Waals surface area contributed by atoms with Crippen LogP contribution in [0.1, 0.15) is 5.69 Å². The van der Waals surface area contributed by atoms with Crippen LogP contribution < -0.4 is 10.1 Å². The molecule has 1 aromatic carbocycles. The molecule has 1 heterocycles. The molecule has 0 aliphatic rings. The summed E-state index contributed by atoms with van der Waals surface area (Å²) >= 11 is 9.43. The minimum absolute atomic E-state index is 0.590. The van der Waals surface area contributed by atoms with Gasteiger partial charge in [-0.25, -0.2) is 0 Å². The zero-order valence-corrected chi connectivity index (χ0v) is 12.3. The van der Waals surface area contributed by atoms with E-state index in [1.165, 1.54) is 0 Å². The lowest BCUT2D eigenvalue weighted by molar-refractivity contribution is 0.414. The molecular formula is C11H12BrClN4O. The number of hydrogen-bond acceptors (Lipinski definition) is 4. The van der Waals surface area contributed by atoms with Crippen molar-refractivity contribution in [1.82, 2.24) is 15.0 Å². The highest BCUT2D eigenvalue weighted by Crippen LogP contribution is 2.36. The fourth-order valence-electron chi connectivity index (χ4n) is 1.56. The van der Waals surface area contributed by atoms with Crippen molar-refractivity contribution in [1.29, 1.82) is 0 Å². The van der Waals surface area contributed by atoms with Gasteiger partial charge in [0.1, 0.15) is 0 Å². The maximum Gasteiger partial charge on any atom is 0.156 e. The van der Waals surface area contributed by atoms with Gasteiger partial charge in [-0.3, -0.25) is 4.68 Å². The lowest BCUT2D eigenvalue weighted by Crippen LogP contribution is -2.06. The molecule has 5 nitrogen and oxygen atoms in total. The third-order valence-electron chi connectivity index (χ3n) is 2.48. The second-order valence-corrected chi connectivity index (χ2v) is 4.96. The van der Waals surface area contributed by atoms with Crippen LogP contribution >= 0.6 is 27.5 Å². The first-order valence-corrected chi connectivity index (χ1v) is 6.39. The van der Waals surface area contributed by atoms with Crippen molar-refractivity contribution in [3.8, 4) is 5.75 Å². The standard InChI is InChI=1S/C11H12BrClN4O/c1-17-8(6-15-16-17)5-14-10-4-7(13)3-9(12)11(10)18-2/h3-4,6,14H,5H2,1-2H3. The van der Waals surface area contributed by atoms with Crippen LogP contribution in [0.3, 0.4) is 0 Å². The van der Waals surface area contributed by atoms with E-state index in [9.17, 15) is 0 Å². The number of nitrogens with one attached hydrogen (secondary N) is 1. The van der Waals surface area contributed by atoms with E-state index in [0.717, 1.165) is 21.6 Å². The molecule has 0 saturated carbocycles. The predicted octanol–water partition coefficient (Wildman–Crippen LogP) is 2.85. The summed E-state index contributed by atoms with van der Waals surface area (Å²) in [5.41, 5.74) is 1.78. The lowest BCUT2D eigenvalue weighted by atomic mass is 10.3. The molecule has 0 unspecified atom stereocenters. The zero-order valence-electron chi connectivity index (χ0n) is 9.94. The number of nitrogens with zero attached hydrogens (tertiary/aromatic N) is 3. The summed E-state index contributed by atoms with van der Waals surface area (Å²) in [7, 11) is 3.46. The topological polar surface area (TPSA) is 52.0 Å². The number of anilines is 1. The number of halogens is 2. The van der Waals surface area contributed by atoms with E-state index in [2.05, 4.69) is 31.6 Å². The van der Waals surface area contributed by atoms with Gasteiger partial charge in [-0.2, -0.15) is 0 Å². The molecule has 7 heteroatoms. The number of methoxy groups -OCH3 is 1. The number of aromatic nitrogens is 3. The molecule has 0 bridgehead atoms. The second kappa shape index (κ2) is 5.58. The molecule has 0 amide bonds. The average Bonchev–Trinajstić information content (AvgIpc) is 2.71. The fraction of sp³-hybridized carbons (Fsp3) is 0.273. The highest BCUT2D eigenvalue weighted by Gasteiger charge is 2.10. The quantitative estimate of drug-likeness (QED) is 0.936. The number of benzene rings is 1. The molecule has 2 aromatic rings. The Bertz CT molecular complexity index is 558. The van der Waals surface area contributed by atoms with Gasteiger partial charge >= 0.3 is 0 Å². The van der Waals surface area contributed by atoms with Crippen LogP contribution in [-0.2, 0) is 13.6 Å². The molecular weight excluding hydrogens is 320 g/mol. The Labute approximate surface area is 118 Å². The summed E-state index contributed by atoms with van der Waals surface area (Å²) in [6.45, 7) is 0.590. The van der Waals surface area contributed by atoms with Crippen LogP contribution in [0.4, 0.5) is 5.69 Å². The molecule has 0 radical (unpaired) electrons. The molecule has 0 spiro atoms. The van der Waals surface area contributed by atoms with Gasteiger partial charge < -0.3 is 10.1 Å². The van der Waals surface area contributed by atoms with Crippen molar-refractivity contribution in [2.75, 3.05) is 12.4 Å². The SMILES string of the molecule is COc1c(Br)cc(Cl)cc1NCc1cnnn1C. The van der Waals surface area contributed by atoms with Crippen molar-refractivity contribution in [2.45, 2.75) is 6.54 Å². The molecule has 0 aliphatic carbocycles. The molecule has 96 valence electrons. The number of ether oxygens (including phenoxy) is 1. The van der Waals surface area contributed by atoms with E-state index in [1.54, 1.807) is 24.1 Å². The summed E-state index contributed by atoms with van der Waals surface area (Å²) in [5, 5.41) is 11.6. The lowest BCUT2D eigenvalue weighted by Gasteiger charge is -2.13. The van der Waals surface area contributed by atoms with Crippen molar-refractivity contribution in [2.24, 2.45) is 7.05 Å². The molecule has 1 N–H and O–H groups in total. The van der Waals surface area contributed by atoms with Gasteiger partial charge in [0.15, 0.2) is 5.75 Å². The molecule has 1 aromatic heterocycles. The van der Waals surface area contributed by atoms with Gasteiger partial charge in [-0.15, -0.1) is 5.10 Å². The summed E-state index contributed by atoms with van der Waals surface area (Å²) in [6, 6.07) is 3.60. The zero-order chi connectivity index (χ0) is 13.1. The van der Waals surface area contributed by atoms with E-state index in [-0.39, 0.29) is 0 Å². The van der Waals surface area contributed by atoms with Gasteiger partial charge in [0.2, 0.25) is 0 Å². The normalized spacial score (nSPS) is 10.4. The molecule has 2 rings (SSSR count). The second-order valence-electron chi connectivity index (χ2n) is 3.67. The first kappa shape index (κ1) is 13.2. The minimum atomic E-state index is 0.590. The monoisotopic (exact) mass is 330 g/mol. The van der Waals surface area contributed by atoms with Gasteiger partial charge in [-0.1, -0.05) is 16.8 Å². The predicted molar refractivity (Wildman–Crippen MR) is 74.0 cm³/mol. The third-order valence-corrected chi connectivity index (χ3v) is 3.29. The van der Waals surface area contributed by atoms with Crippen molar-refractivity contribution < 1.29 is 4.74 Å². The number of aryl methyl sites for hydroxylation is 1. The van der Waals surface area contributed by atoms with Crippen LogP contribution in [0, 0.1) is 0 Å². The van der Waals surface area contributed by atoms with E-state index in [0.29, 0.717) is 11.6 Å². The fourth-order valence-corrected chi connectivity index (χ4v) is 2.53. The van der Waals surface area contributed by atoms with E-state index < -0.39 is 0 Å². The number of hydrogen-bond donors (Lipinski definition) is 1. The smallest absolute Gasteiger partial charge is 0.156 e. The van der Waals surface area contributed by atoms with Crippen LogP contribution in [0.2, 0.25) is 5.02 Å². The molecule has 0 saturated heterocycles. The number of rotatable bonds is 4. The summed E-state index contributed by atoms with van der Waals surface area (Å²) < 4.78 is 7.84. The maximum atomic E-state index is 6.02. The Kier molecular flexibility index (Phi) is 4.08.